The Morgan fingerprint density at radius 1 is 1.33 bits per heavy atom. The molecular weight excluding hydrogens is 334 g/mol. The van der Waals surface area contributed by atoms with Gasteiger partial charge in [-0.1, -0.05) is 12.1 Å². The quantitative estimate of drug-likeness (QED) is 0.821. The molecule has 2 rings (SSSR count). The number of hydrogen-bond donors (Lipinski definition) is 2. The number of rotatable bonds is 6. The zero-order valence-corrected chi connectivity index (χ0v) is 14.6. The molecule has 0 unspecified atom stereocenters. The van der Waals surface area contributed by atoms with E-state index in [2.05, 4.69) is 9.82 Å². The van der Waals surface area contributed by atoms with Gasteiger partial charge in [-0.15, -0.1) is 0 Å². The maximum Gasteiger partial charge on any atom is 0.338 e. The number of anilines is 1. The number of nitrogens with zero attached hydrogens (tertiary/aromatic N) is 2. The number of carboxylic acids is 1. The summed E-state index contributed by atoms with van der Waals surface area (Å²) in [7, 11) is -2.52. The van der Waals surface area contributed by atoms with Crippen LogP contribution in [0.3, 0.4) is 0 Å². The van der Waals surface area contributed by atoms with E-state index in [-0.39, 0.29) is 22.9 Å². The number of nitrogens with one attached hydrogen (secondary N) is 1. The van der Waals surface area contributed by atoms with Crippen molar-refractivity contribution in [2.24, 2.45) is 0 Å². The summed E-state index contributed by atoms with van der Waals surface area (Å²) in [5, 5.41) is 13.5. The van der Waals surface area contributed by atoms with Gasteiger partial charge in [0, 0.05) is 7.11 Å². The molecule has 0 atom stereocenters. The van der Waals surface area contributed by atoms with Crippen LogP contribution < -0.4 is 4.72 Å². The highest BCUT2D eigenvalue weighted by Gasteiger charge is 2.26. The van der Waals surface area contributed by atoms with Gasteiger partial charge in [-0.2, -0.15) is 5.10 Å². The van der Waals surface area contributed by atoms with Gasteiger partial charge < -0.3 is 9.84 Å². The highest BCUT2D eigenvalue weighted by Crippen LogP contribution is 2.26. The molecular formula is C15H19N3O5S. The summed E-state index contributed by atoms with van der Waals surface area (Å²) in [4.78, 5) is 11.4. The third-order valence-corrected chi connectivity index (χ3v) is 5.18. The van der Waals surface area contributed by atoms with Gasteiger partial charge in [0.2, 0.25) is 0 Å². The molecule has 0 saturated heterocycles. The maximum atomic E-state index is 12.7. The van der Waals surface area contributed by atoms with Gasteiger partial charge in [0.05, 0.1) is 22.6 Å². The Bertz CT molecular complexity index is 887. The number of aryl methyl sites for hydroxylation is 2. The minimum Gasteiger partial charge on any atom is -0.478 e. The van der Waals surface area contributed by atoms with Crippen LogP contribution in [-0.2, 0) is 21.5 Å². The molecule has 1 aromatic heterocycles. The van der Waals surface area contributed by atoms with Crippen LogP contribution in [0, 0.1) is 20.8 Å². The van der Waals surface area contributed by atoms with Gasteiger partial charge in [0.15, 0.2) is 0 Å². The molecule has 130 valence electrons. The van der Waals surface area contributed by atoms with Gasteiger partial charge in [0.25, 0.3) is 10.0 Å². The number of hydrogen-bond acceptors (Lipinski definition) is 5. The number of carboxylic acid groups (broad SMARTS) is 1. The number of carbonyl (C=O) groups is 1. The van der Waals surface area contributed by atoms with E-state index in [9.17, 15) is 18.3 Å². The van der Waals surface area contributed by atoms with Crippen molar-refractivity contribution in [1.82, 2.24) is 9.78 Å². The second-order valence-corrected chi connectivity index (χ2v) is 6.94. The number of benzene rings is 1. The molecule has 0 bridgehead atoms. The average molecular weight is 353 g/mol. The largest absolute Gasteiger partial charge is 0.478 e. The lowest BCUT2D eigenvalue weighted by molar-refractivity contribution is 0.0697. The zero-order chi connectivity index (χ0) is 18.1. The lowest BCUT2D eigenvalue weighted by Crippen LogP contribution is -2.18. The molecule has 0 amide bonds. The second kappa shape index (κ2) is 6.62. The van der Waals surface area contributed by atoms with Crippen LogP contribution in [0.1, 0.15) is 27.3 Å². The van der Waals surface area contributed by atoms with Crippen molar-refractivity contribution < 1.29 is 23.1 Å². The van der Waals surface area contributed by atoms with E-state index in [1.54, 1.807) is 32.9 Å². The number of ether oxygens (including phenoxy) is 1. The highest BCUT2D eigenvalue weighted by atomic mass is 32.2. The number of sulfonamides is 1. The van der Waals surface area contributed by atoms with Crippen molar-refractivity contribution in [3.05, 3.63) is 40.7 Å². The molecule has 9 heteroatoms. The summed E-state index contributed by atoms with van der Waals surface area (Å²) in [5.74, 6) is -1.20. The van der Waals surface area contributed by atoms with E-state index in [0.717, 1.165) is 0 Å². The molecule has 1 heterocycles. The number of aromatic nitrogens is 2. The van der Waals surface area contributed by atoms with Crippen LogP contribution in [0.4, 0.5) is 5.69 Å². The Morgan fingerprint density at radius 3 is 2.58 bits per heavy atom. The standard InChI is InChI=1S/C15H19N3O5S/c1-9-6-5-7-12(13(9)15(19)20)17-24(21,22)14-10(2)16-18(8-23-4)11(14)3/h5-7,17H,8H2,1-4H3,(H,19,20). The van der Waals surface area contributed by atoms with Gasteiger partial charge in [-0.05, 0) is 32.4 Å². The van der Waals surface area contributed by atoms with Crippen molar-refractivity contribution in [2.75, 3.05) is 11.8 Å². The monoisotopic (exact) mass is 353 g/mol. The third kappa shape index (κ3) is 3.26. The van der Waals surface area contributed by atoms with Crippen molar-refractivity contribution in [2.45, 2.75) is 32.4 Å². The van der Waals surface area contributed by atoms with Crippen LogP contribution >= 0.6 is 0 Å². The first-order valence-electron chi connectivity index (χ1n) is 7.07. The molecule has 0 spiro atoms. The van der Waals surface area contributed by atoms with Crippen molar-refractivity contribution >= 4 is 21.7 Å². The van der Waals surface area contributed by atoms with Gasteiger partial charge in [0.1, 0.15) is 11.6 Å². The molecule has 2 N–H and O–H groups in total. The average Bonchev–Trinajstić information content (AvgIpc) is 2.73. The maximum absolute atomic E-state index is 12.7. The summed E-state index contributed by atoms with van der Waals surface area (Å²) >= 11 is 0. The van der Waals surface area contributed by atoms with E-state index in [1.807, 2.05) is 0 Å². The van der Waals surface area contributed by atoms with Gasteiger partial charge >= 0.3 is 5.97 Å². The second-order valence-electron chi connectivity index (χ2n) is 5.33. The smallest absolute Gasteiger partial charge is 0.338 e. The molecule has 2 aromatic rings. The van der Waals surface area contributed by atoms with E-state index >= 15 is 0 Å². The van der Waals surface area contributed by atoms with E-state index in [4.69, 9.17) is 4.74 Å². The molecule has 0 fully saturated rings. The fraction of sp³-hybridized carbons (Fsp3) is 0.333. The van der Waals surface area contributed by atoms with Crippen molar-refractivity contribution in [1.29, 1.82) is 0 Å². The molecule has 8 nitrogen and oxygen atoms in total. The number of aromatic carboxylic acids is 1. The Labute approximate surface area is 140 Å². The Morgan fingerprint density at radius 2 is 2.00 bits per heavy atom. The molecule has 0 saturated carbocycles. The van der Waals surface area contributed by atoms with Crippen LogP contribution in [0.5, 0.6) is 0 Å². The normalized spacial score (nSPS) is 11.5. The minimum atomic E-state index is -4.00. The SMILES string of the molecule is COCn1nc(C)c(S(=O)(=O)Nc2cccc(C)c2C(=O)O)c1C. The van der Waals surface area contributed by atoms with Gasteiger partial charge in [-0.25, -0.2) is 17.9 Å². The van der Waals surface area contributed by atoms with E-state index < -0.39 is 16.0 Å². The number of methoxy groups -OCH3 is 1. The molecule has 24 heavy (non-hydrogen) atoms. The van der Waals surface area contributed by atoms with E-state index in [0.29, 0.717) is 17.0 Å². The topological polar surface area (TPSA) is 111 Å². The summed E-state index contributed by atoms with van der Waals surface area (Å²) in [6.45, 7) is 4.91. The summed E-state index contributed by atoms with van der Waals surface area (Å²) in [6, 6.07) is 4.61. The molecule has 0 aliphatic heterocycles. The van der Waals surface area contributed by atoms with Crippen LogP contribution in [0.25, 0.3) is 0 Å². The van der Waals surface area contributed by atoms with Gasteiger partial charge in [-0.3, -0.25) is 4.72 Å². The lowest BCUT2D eigenvalue weighted by atomic mass is 10.1. The Kier molecular flexibility index (Phi) is 4.95. The fourth-order valence-corrected chi connectivity index (χ4v) is 4.04. The highest BCUT2D eigenvalue weighted by molar-refractivity contribution is 7.92. The minimum absolute atomic E-state index is 0.0115. The first-order chi connectivity index (χ1) is 11.2. The Balaban J connectivity index is 2.52. The lowest BCUT2D eigenvalue weighted by Gasteiger charge is -2.12. The predicted octanol–water partition coefficient (Wildman–Crippen LogP) is 1.91. The summed E-state index contributed by atoms with van der Waals surface area (Å²) in [5.41, 5.74) is 1.11. The zero-order valence-electron chi connectivity index (χ0n) is 13.8. The first-order valence-corrected chi connectivity index (χ1v) is 8.56. The molecule has 0 aliphatic rings. The molecule has 0 aliphatic carbocycles. The van der Waals surface area contributed by atoms with Crippen molar-refractivity contribution in [3.8, 4) is 0 Å². The van der Waals surface area contributed by atoms with Crippen LogP contribution in [-0.4, -0.2) is 36.4 Å². The molecule has 0 radical (unpaired) electrons. The fourth-order valence-electron chi connectivity index (χ4n) is 2.55. The summed E-state index contributed by atoms with van der Waals surface area (Å²) < 4.78 is 34.3. The van der Waals surface area contributed by atoms with E-state index in [1.165, 1.54) is 17.9 Å². The predicted molar refractivity (Wildman–Crippen MR) is 87.7 cm³/mol. The first kappa shape index (κ1) is 18.0. The van der Waals surface area contributed by atoms with Crippen LogP contribution in [0.2, 0.25) is 0 Å². The molecule has 1 aromatic carbocycles. The Hall–Kier alpha value is -2.39. The van der Waals surface area contributed by atoms with Crippen LogP contribution in [0.15, 0.2) is 23.1 Å². The third-order valence-electron chi connectivity index (χ3n) is 3.57. The van der Waals surface area contributed by atoms with Crippen molar-refractivity contribution in [3.63, 3.8) is 0 Å². The summed E-state index contributed by atoms with van der Waals surface area (Å²) in [6.07, 6.45) is 0.